The van der Waals surface area contributed by atoms with Crippen LogP contribution in [-0.2, 0) is 20.8 Å². The number of carbonyl (C=O) groups is 3. The quantitative estimate of drug-likeness (QED) is 0.122. The smallest absolute Gasteiger partial charge is 0.242 e. The maximum Gasteiger partial charge on any atom is 0.242 e. The Morgan fingerprint density at radius 3 is 2.12 bits per heavy atom. The van der Waals surface area contributed by atoms with E-state index in [1.165, 1.54) is 9.80 Å². The van der Waals surface area contributed by atoms with E-state index in [1.807, 2.05) is 30.3 Å². The Balaban J connectivity index is 0.00000385. The molecule has 49 heavy (non-hydrogen) atoms. The summed E-state index contributed by atoms with van der Waals surface area (Å²) in [6.45, 7) is -1.75. The fourth-order valence-electron chi connectivity index (χ4n) is 5.83. The highest BCUT2D eigenvalue weighted by Gasteiger charge is 2.34. The minimum atomic E-state index is -1.75. The molecule has 9 nitrogen and oxygen atoms in total. The normalized spacial score (nSPS) is 16.0. The zero-order chi connectivity index (χ0) is 36.6. The third kappa shape index (κ3) is 17.6. The zero-order valence-corrected chi connectivity index (χ0v) is 29.0. The number of nitrogens with one attached hydrogen (secondary N) is 2. The molecule has 0 aliphatic heterocycles. The largest absolute Gasteiger partial charge is 0.390 e. The van der Waals surface area contributed by atoms with Crippen molar-refractivity contribution in [1.29, 1.82) is 0 Å². The molecule has 1 aromatic carbocycles. The third-order valence-corrected chi connectivity index (χ3v) is 8.80. The molecule has 3 amide bonds. The fraction of sp³-hybridized carbons (Fsp3) is 0.649. The maximum atomic E-state index is 13.8. The van der Waals surface area contributed by atoms with Crippen molar-refractivity contribution < 1.29 is 37.8 Å². The number of halogens is 3. The lowest BCUT2D eigenvalue weighted by atomic mass is 9.82. The molecule has 1 saturated carbocycles. The standard InChI is InChI=1S/C36H53FN4O5.CH2F2/c1-5-7-19-30(36(46)39-31(24-28-17-13-10-14-18-28)34(44)32(42)20-8-6-2)38-35(45)29(23-27-15-11-9-12-16-27)25-33(43)41(4)22-21-40(3)26-37;2-1-3/h1-2,9,11-12,15-16,28-32,34,42,44H,7-8,10,13-14,17-26H2,3-4H3,(H,38,45)(H,39,46);1H2/t29?,30-,31?,32?,34?;/m0./s1. The molecule has 12 heteroatoms. The van der Waals surface area contributed by atoms with E-state index >= 15 is 0 Å². The van der Waals surface area contributed by atoms with Gasteiger partial charge in [0.2, 0.25) is 24.6 Å². The zero-order valence-electron chi connectivity index (χ0n) is 29.0. The first kappa shape index (κ1) is 43.4. The number of carbonyl (C=O) groups excluding carboxylic acids is 3. The van der Waals surface area contributed by atoms with E-state index in [0.29, 0.717) is 19.5 Å². The van der Waals surface area contributed by atoms with Gasteiger partial charge in [0, 0.05) is 39.4 Å². The molecule has 0 spiro atoms. The van der Waals surface area contributed by atoms with Gasteiger partial charge >= 0.3 is 0 Å². The van der Waals surface area contributed by atoms with Crippen molar-refractivity contribution in [3.8, 4) is 24.7 Å². The summed E-state index contributed by atoms with van der Waals surface area (Å²) in [4.78, 5) is 43.6. The molecule has 0 aromatic heterocycles. The number of benzene rings is 1. The van der Waals surface area contributed by atoms with E-state index in [1.54, 1.807) is 14.1 Å². The van der Waals surface area contributed by atoms with Crippen molar-refractivity contribution >= 4 is 17.7 Å². The van der Waals surface area contributed by atoms with Crippen LogP contribution in [0, 0.1) is 36.5 Å². The monoisotopic (exact) mass is 692 g/mol. The topological polar surface area (TPSA) is 122 Å². The van der Waals surface area contributed by atoms with E-state index in [2.05, 4.69) is 22.5 Å². The van der Waals surface area contributed by atoms with Gasteiger partial charge in [0.25, 0.3) is 0 Å². The fourth-order valence-corrected chi connectivity index (χ4v) is 5.83. The molecule has 4 N–H and O–H groups in total. The van der Waals surface area contributed by atoms with E-state index in [-0.39, 0.29) is 50.4 Å². The van der Waals surface area contributed by atoms with Crippen LogP contribution in [0.1, 0.15) is 76.2 Å². The number of terminal acetylenes is 2. The predicted molar refractivity (Wildman–Crippen MR) is 185 cm³/mol. The van der Waals surface area contributed by atoms with Gasteiger partial charge in [-0.15, -0.1) is 24.7 Å². The van der Waals surface area contributed by atoms with Crippen LogP contribution < -0.4 is 10.6 Å². The van der Waals surface area contributed by atoms with E-state index in [9.17, 15) is 37.8 Å². The van der Waals surface area contributed by atoms with Crippen LogP contribution in [0.5, 0.6) is 0 Å². The van der Waals surface area contributed by atoms with Crippen LogP contribution in [0.2, 0.25) is 0 Å². The second kappa shape index (κ2) is 25.4. The third-order valence-electron chi connectivity index (χ3n) is 8.80. The summed E-state index contributed by atoms with van der Waals surface area (Å²) < 4.78 is 32.1. The molecule has 1 aliphatic rings. The highest BCUT2D eigenvalue weighted by molar-refractivity contribution is 5.91. The SMILES string of the molecule is C#CCCC(O)C(O)C(CC1CCCCC1)NC(=O)[C@H](CCC#C)NC(=O)C(CC(=O)N(C)CCN(C)CF)Cc1ccccc1.FCF. The minimum Gasteiger partial charge on any atom is -0.390 e. The summed E-state index contributed by atoms with van der Waals surface area (Å²) in [6, 6.07) is 7.55. The van der Waals surface area contributed by atoms with Crippen LogP contribution >= 0.6 is 0 Å². The summed E-state index contributed by atoms with van der Waals surface area (Å²) >= 11 is 0. The average molecular weight is 693 g/mol. The number of aliphatic hydroxyl groups excluding tert-OH is 2. The van der Waals surface area contributed by atoms with Gasteiger partial charge in [-0.05, 0) is 44.2 Å². The Kier molecular flexibility index (Phi) is 22.5. The highest BCUT2D eigenvalue weighted by Crippen LogP contribution is 2.29. The van der Waals surface area contributed by atoms with E-state index < -0.39 is 55.8 Å². The number of hydrogen-bond acceptors (Lipinski definition) is 6. The van der Waals surface area contributed by atoms with Crippen molar-refractivity contribution in [2.75, 3.05) is 40.9 Å². The summed E-state index contributed by atoms with van der Waals surface area (Å²) in [5.41, 5.74) is 0.858. The first-order valence-electron chi connectivity index (χ1n) is 17.0. The van der Waals surface area contributed by atoms with Crippen LogP contribution in [0.25, 0.3) is 0 Å². The average Bonchev–Trinajstić information content (AvgIpc) is 3.11. The molecule has 0 bridgehead atoms. The Bertz CT molecular complexity index is 1170. The number of likely N-dealkylation sites (N-methyl/N-ethyl adjacent to an activating group) is 2. The Hall–Kier alpha value is -3.58. The molecule has 0 radical (unpaired) electrons. The number of rotatable bonds is 20. The van der Waals surface area contributed by atoms with Crippen LogP contribution in [-0.4, -0.2) is 103 Å². The van der Waals surface area contributed by atoms with Crippen molar-refractivity contribution in [3.05, 3.63) is 35.9 Å². The Morgan fingerprint density at radius 1 is 0.918 bits per heavy atom. The van der Waals surface area contributed by atoms with Crippen molar-refractivity contribution in [3.63, 3.8) is 0 Å². The first-order valence-corrected chi connectivity index (χ1v) is 17.0. The van der Waals surface area contributed by atoms with Gasteiger partial charge in [-0.3, -0.25) is 19.3 Å². The minimum absolute atomic E-state index is 0.107. The van der Waals surface area contributed by atoms with Gasteiger partial charge < -0.3 is 25.7 Å². The van der Waals surface area contributed by atoms with E-state index in [0.717, 1.165) is 37.7 Å². The molecular weight excluding hydrogens is 637 g/mol. The van der Waals surface area contributed by atoms with Crippen molar-refractivity contribution in [1.82, 2.24) is 20.4 Å². The Labute approximate surface area is 290 Å². The van der Waals surface area contributed by atoms with Crippen LogP contribution in [0.4, 0.5) is 13.2 Å². The molecule has 274 valence electrons. The maximum absolute atomic E-state index is 13.8. The summed E-state index contributed by atoms with van der Waals surface area (Å²) in [5.74, 6) is 3.24. The molecule has 1 aliphatic carbocycles. The molecule has 0 heterocycles. The van der Waals surface area contributed by atoms with Crippen LogP contribution in [0.3, 0.4) is 0 Å². The first-order chi connectivity index (χ1) is 23.5. The van der Waals surface area contributed by atoms with Gasteiger partial charge in [-0.25, -0.2) is 13.2 Å². The number of nitrogens with zero attached hydrogens (tertiary/aromatic N) is 2. The summed E-state index contributed by atoms with van der Waals surface area (Å²) in [6.07, 6.45) is 15.3. The summed E-state index contributed by atoms with van der Waals surface area (Å²) in [7, 11) is 3.23. The lowest BCUT2D eigenvalue weighted by Crippen LogP contribution is -2.56. The highest BCUT2D eigenvalue weighted by atomic mass is 19.3. The Morgan fingerprint density at radius 2 is 1.53 bits per heavy atom. The van der Waals surface area contributed by atoms with Gasteiger partial charge in [0.05, 0.1) is 18.1 Å². The lowest BCUT2D eigenvalue weighted by molar-refractivity contribution is -0.137. The summed E-state index contributed by atoms with van der Waals surface area (Å²) in [5, 5.41) is 27.5. The molecule has 1 fully saturated rings. The second-order valence-corrected chi connectivity index (χ2v) is 12.7. The second-order valence-electron chi connectivity index (χ2n) is 12.7. The number of aliphatic hydroxyl groups is 2. The number of alkyl halides is 3. The molecule has 2 rings (SSSR count). The van der Waals surface area contributed by atoms with Gasteiger partial charge in [0.15, 0.2) is 0 Å². The molecule has 0 saturated heterocycles. The van der Waals surface area contributed by atoms with Crippen molar-refractivity contribution in [2.24, 2.45) is 11.8 Å². The van der Waals surface area contributed by atoms with Gasteiger partial charge in [0.1, 0.15) is 18.9 Å². The number of hydrogen-bond donors (Lipinski definition) is 4. The molecule has 5 atom stereocenters. The molecule has 4 unspecified atom stereocenters. The lowest BCUT2D eigenvalue weighted by Gasteiger charge is -2.33. The van der Waals surface area contributed by atoms with Gasteiger partial charge in [-0.2, -0.15) is 0 Å². The van der Waals surface area contributed by atoms with Gasteiger partial charge in [-0.1, -0.05) is 62.4 Å². The number of amides is 3. The molecule has 1 aromatic rings. The predicted octanol–water partition coefficient (Wildman–Crippen LogP) is 3.92. The van der Waals surface area contributed by atoms with Crippen LogP contribution in [0.15, 0.2) is 30.3 Å². The van der Waals surface area contributed by atoms with E-state index in [4.69, 9.17) is 12.8 Å². The molecular formula is C37H55F3N4O5. The van der Waals surface area contributed by atoms with Crippen molar-refractivity contribution in [2.45, 2.75) is 101 Å².